The molecule has 1 unspecified atom stereocenters. The number of rotatable bonds is 5. The smallest absolute Gasteiger partial charge is 0.262 e. The van der Waals surface area contributed by atoms with Crippen LogP contribution in [0.3, 0.4) is 0 Å². The Morgan fingerprint density at radius 1 is 1.06 bits per heavy atom. The van der Waals surface area contributed by atoms with Gasteiger partial charge in [0.15, 0.2) is 9.84 Å². The van der Waals surface area contributed by atoms with E-state index in [2.05, 4.69) is 5.32 Å². The summed E-state index contributed by atoms with van der Waals surface area (Å²) in [7, 11) is -3.15. The van der Waals surface area contributed by atoms with Crippen molar-refractivity contribution in [1.29, 1.82) is 5.26 Å². The molecule has 0 aliphatic carbocycles. The second-order valence-corrected chi connectivity index (χ2v) is 10.7. The molecule has 0 bridgehead atoms. The van der Waals surface area contributed by atoms with E-state index in [9.17, 15) is 18.5 Å². The Balaban J connectivity index is 1.55. The van der Waals surface area contributed by atoms with E-state index in [4.69, 9.17) is 5.10 Å². The van der Waals surface area contributed by atoms with Gasteiger partial charge in [-0.1, -0.05) is 54.6 Å². The third kappa shape index (κ3) is 4.86. The highest BCUT2D eigenvalue weighted by atomic mass is 32.2. The first kappa shape index (κ1) is 22.6. The number of nitrogens with zero attached hydrogens (tertiary/aromatic N) is 3. The fraction of sp³-hybridized carbons (Fsp3) is 0.148. The number of hydrogen-bond acceptors (Lipinski definition) is 5. The third-order valence-corrected chi connectivity index (χ3v) is 7.79. The number of benzene rings is 3. The van der Waals surface area contributed by atoms with E-state index in [0.717, 1.165) is 22.0 Å². The van der Waals surface area contributed by atoms with Crippen LogP contribution in [-0.2, 0) is 14.6 Å². The van der Waals surface area contributed by atoms with E-state index in [1.54, 1.807) is 10.9 Å². The van der Waals surface area contributed by atoms with Gasteiger partial charge in [-0.3, -0.25) is 4.79 Å². The lowest BCUT2D eigenvalue weighted by atomic mass is 10.0. The number of amides is 1. The summed E-state index contributed by atoms with van der Waals surface area (Å²) in [5.74, 6) is -0.655. The molecule has 1 fully saturated rings. The summed E-state index contributed by atoms with van der Waals surface area (Å²) in [4.78, 5) is 12.8. The summed E-state index contributed by atoms with van der Waals surface area (Å²) < 4.78 is 25.2. The number of carbonyl (C=O) groups is 1. The van der Waals surface area contributed by atoms with Gasteiger partial charge in [0.2, 0.25) is 0 Å². The molecule has 1 saturated heterocycles. The maximum atomic E-state index is 12.8. The van der Waals surface area contributed by atoms with Crippen LogP contribution in [0.25, 0.3) is 33.8 Å². The molecule has 0 saturated carbocycles. The maximum Gasteiger partial charge on any atom is 0.262 e. The second kappa shape index (κ2) is 9.20. The summed E-state index contributed by atoms with van der Waals surface area (Å²) in [6.45, 7) is 0. The zero-order valence-corrected chi connectivity index (χ0v) is 19.6. The predicted molar refractivity (Wildman–Crippen MR) is 135 cm³/mol. The van der Waals surface area contributed by atoms with E-state index < -0.39 is 21.8 Å². The van der Waals surface area contributed by atoms with Crippen LogP contribution in [0, 0.1) is 11.3 Å². The highest BCUT2D eigenvalue weighted by molar-refractivity contribution is 7.91. The molecule has 4 aromatic rings. The Morgan fingerprint density at radius 3 is 2.51 bits per heavy atom. The van der Waals surface area contributed by atoms with E-state index in [1.807, 2.05) is 78.9 Å². The molecule has 1 N–H and O–H groups in total. The van der Waals surface area contributed by atoms with Crippen molar-refractivity contribution in [2.24, 2.45) is 0 Å². The number of hydrogen-bond donors (Lipinski definition) is 1. The fourth-order valence-electron chi connectivity index (χ4n) is 4.24. The fourth-order valence-corrected chi connectivity index (χ4v) is 5.92. The zero-order chi connectivity index (χ0) is 24.4. The first-order chi connectivity index (χ1) is 16.9. The Kier molecular flexibility index (Phi) is 5.93. The van der Waals surface area contributed by atoms with E-state index in [-0.39, 0.29) is 17.1 Å². The monoisotopic (exact) mass is 482 g/mol. The van der Waals surface area contributed by atoms with Gasteiger partial charge in [-0.25, -0.2) is 13.1 Å². The van der Waals surface area contributed by atoms with E-state index in [1.165, 1.54) is 6.08 Å². The highest BCUT2D eigenvalue weighted by Gasteiger charge is 2.29. The minimum absolute atomic E-state index is 0.0412. The van der Waals surface area contributed by atoms with Crippen molar-refractivity contribution in [2.45, 2.75) is 12.5 Å². The van der Waals surface area contributed by atoms with Gasteiger partial charge in [-0.2, -0.15) is 10.4 Å². The topological polar surface area (TPSA) is 105 Å². The average Bonchev–Trinajstić information content (AvgIpc) is 3.45. The summed E-state index contributed by atoms with van der Waals surface area (Å²) in [5.41, 5.74) is 2.82. The number of fused-ring (bicyclic) bond motifs is 1. The van der Waals surface area contributed by atoms with Gasteiger partial charge < -0.3 is 5.32 Å². The van der Waals surface area contributed by atoms with Crippen molar-refractivity contribution in [2.75, 3.05) is 11.5 Å². The molecule has 5 rings (SSSR count). The number of nitrogens with one attached hydrogen (secondary N) is 1. The highest BCUT2D eigenvalue weighted by Crippen LogP contribution is 2.29. The third-order valence-electron chi connectivity index (χ3n) is 6.02. The van der Waals surface area contributed by atoms with Crippen molar-refractivity contribution < 1.29 is 13.2 Å². The van der Waals surface area contributed by atoms with Crippen molar-refractivity contribution in [3.05, 3.63) is 90.1 Å². The lowest BCUT2D eigenvalue weighted by Gasteiger charge is -2.10. The van der Waals surface area contributed by atoms with Crippen LogP contribution >= 0.6 is 0 Å². The summed E-state index contributed by atoms with van der Waals surface area (Å²) in [5, 5.41) is 19.4. The van der Waals surface area contributed by atoms with Crippen LogP contribution in [0.15, 0.2) is 84.6 Å². The largest absolute Gasteiger partial charge is 0.348 e. The van der Waals surface area contributed by atoms with Crippen molar-refractivity contribution in [3.63, 3.8) is 0 Å². The van der Waals surface area contributed by atoms with E-state index in [0.29, 0.717) is 17.7 Å². The number of para-hydroxylation sites is 1. The predicted octanol–water partition coefficient (Wildman–Crippen LogP) is 3.90. The van der Waals surface area contributed by atoms with Crippen molar-refractivity contribution in [1.82, 2.24) is 15.1 Å². The molecule has 2 heterocycles. The summed E-state index contributed by atoms with van der Waals surface area (Å²) in [6, 6.07) is 25.1. The van der Waals surface area contributed by atoms with Crippen LogP contribution in [0.2, 0.25) is 0 Å². The van der Waals surface area contributed by atoms with Crippen LogP contribution in [0.1, 0.15) is 12.0 Å². The first-order valence-electron chi connectivity index (χ1n) is 11.2. The molecule has 35 heavy (non-hydrogen) atoms. The van der Waals surface area contributed by atoms with Gasteiger partial charge >= 0.3 is 0 Å². The molecule has 174 valence electrons. The Labute approximate surface area is 203 Å². The second-order valence-electron chi connectivity index (χ2n) is 8.52. The SMILES string of the molecule is N#CC(=Cc1cn(-c2ccccc2)nc1-c1ccc2ccccc2c1)C(=O)NC1CCS(=O)(=O)C1. The molecule has 1 atom stereocenters. The summed E-state index contributed by atoms with van der Waals surface area (Å²) >= 11 is 0. The minimum Gasteiger partial charge on any atom is -0.348 e. The molecule has 7 nitrogen and oxygen atoms in total. The number of nitriles is 1. The van der Waals surface area contributed by atoms with Crippen molar-refractivity contribution >= 4 is 32.6 Å². The standard InChI is InChI=1S/C27H22N4O3S/c28-16-22(27(32)29-24-12-13-35(33,34)18-24)15-23-17-31(25-8-2-1-3-9-25)30-26(23)21-11-10-19-6-4-5-7-20(19)14-21/h1-11,14-15,17,24H,12-13,18H2,(H,29,32). The normalized spacial score (nSPS) is 17.2. The molecule has 8 heteroatoms. The Hall–Kier alpha value is -4.22. The molecule has 0 spiro atoms. The lowest BCUT2D eigenvalue weighted by Crippen LogP contribution is -2.36. The number of carbonyl (C=O) groups excluding carboxylic acids is 1. The molecule has 1 aromatic heterocycles. The van der Waals surface area contributed by atoms with Crippen LogP contribution in [-0.4, -0.2) is 41.7 Å². The van der Waals surface area contributed by atoms with Crippen LogP contribution < -0.4 is 5.32 Å². The molecule has 1 amide bonds. The zero-order valence-electron chi connectivity index (χ0n) is 18.8. The average molecular weight is 483 g/mol. The molecule has 1 aliphatic rings. The molecular weight excluding hydrogens is 460 g/mol. The quantitative estimate of drug-likeness (QED) is 0.343. The van der Waals surface area contributed by atoms with Crippen LogP contribution in [0.4, 0.5) is 0 Å². The van der Waals surface area contributed by atoms with Gasteiger partial charge in [0.1, 0.15) is 17.3 Å². The number of aromatic nitrogens is 2. The first-order valence-corrected chi connectivity index (χ1v) is 13.0. The molecule has 1 aliphatic heterocycles. The number of sulfone groups is 1. The van der Waals surface area contributed by atoms with Crippen LogP contribution in [0.5, 0.6) is 0 Å². The van der Waals surface area contributed by atoms with Gasteiger partial charge in [0.05, 0.1) is 17.2 Å². The molecule has 3 aromatic carbocycles. The Morgan fingerprint density at radius 2 is 1.80 bits per heavy atom. The lowest BCUT2D eigenvalue weighted by molar-refractivity contribution is -0.117. The maximum absolute atomic E-state index is 12.8. The summed E-state index contributed by atoms with van der Waals surface area (Å²) in [6.07, 6.45) is 3.64. The van der Waals surface area contributed by atoms with E-state index >= 15 is 0 Å². The van der Waals surface area contributed by atoms with Gasteiger partial charge in [-0.15, -0.1) is 0 Å². The molecule has 0 radical (unpaired) electrons. The van der Waals surface area contributed by atoms with Gasteiger partial charge in [-0.05, 0) is 41.5 Å². The van der Waals surface area contributed by atoms with Gasteiger partial charge in [0.25, 0.3) is 5.91 Å². The molecular formula is C27H22N4O3S. The van der Waals surface area contributed by atoms with Gasteiger partial charge in [0, 0.05) is 23.4 Å². The van der Waals surface area contributed by atoms with Crippen molar-refractivity contribution in [3.8, 4) is 23.0 Å². The Bertz CT molecular complexity index is 1600. The minimum atomic E-state index is -3.15.